The molecule has 0 fully saturated rings. The minimum Gasteiger partial charge on any atom is -0.481 e. The van der Waals surface area contributed by atoms with Gasteiger partial charge >= 0.3 is 11.9 Å². The van der Waals surface area contributed by atoms with Crippen LogP contribution < -0.4 is 10.1 Å². The molecule has 8 nitrogen and oxygen atoms in total. The number of carbonyl (C=O) groups is 3. The number of carboxylic acids is 2. The highest BCUT2D eigenvalue weighted by Crippen LogP contribution is 2.07. The van der Waals surface area contributed by atoms with Crippen molar-refractivity contribution in [2.24, 2.45) is 0 Å². The van der Waals surface area contributed by atoms with Gasteiger partial charge in [-0.3, -0.25) is 9.59 Å². The third kappa shape index (κ3) is 4.26. The van der Waals surface area contributed by atoms with E-state index in [4.69, 9.17) is 14.9 Å². The summed E-state index contributed by atoms with van der Waals surface area (Å²) in [6, 6.07) is 1.33. The summed E-state index contributed by atoms with van der Waals surface area (Å²) < 4.78 is 4.81. The standard InChI is InChI=1S/C11H12N2O6/c1-19-8-3-2-6(5-12-8)10(16)13-7(11(17)18)4-9(14)15/h2-3,5,7H,4H2,1H3,(H,13,16)(H,14,15)(H,17,18)/t7-/m0/s1. The number of aromatic nitrogens is 1. The summed E-state index contributed by atoms with van der Waals surface area (Å²) in [6.07, 6.45) is 0.499. The van der Waals surface area contributed by atoms with Crippen molar-refractivity contribution in [1.29, 1.82) is 0 Å². The molecule has 1 heterocycles. The zero-order valence-corrected chi connectivity index (χ0v) is 9.99. The second kappa shape index (κ2) is 6.34. The monoisotopic (exact) mass is 268 g/mol. The van der Waals surface area contributed by atoms with Gasteiger partial charge in [0.05, 0.1) is 19.1 Å². The molecule has 0 aliphatic rings. The van der Waals surface area contributed by atoms with E-state index in [0.717, 1.165) is 0 Å². The Morgan fingerprint density at radius 1 is 1.37 bits per heavy atom. The zero-order valence-electron chi connectivity index (χ0n) is 9.99. The summed E-state index contributed by atoms with van der Waals surface area (Å²) in [6.45, 7) is 0. The maximum Gasteiger partial charge on any atom is 0.326 e. The summed E-state index contributed by atoms with van der Waals surface area (Å²) in [7, 11) is 1.41. The lowest BCUT2D eigenvalue weighted by atomic mass is 10.2. The Hall–Kier alpha value is -2.64. The Labute approximate surface area is 108 Å². The number of hydrogen-bond acceptors (Lipinski definition) is 5. The molecule has 0 aliphatic heterocycles. The number of carbonyl (C=O) groups excluding carboxylic acids is 1. The molecule has 1 aromatic heterocycles. The molecule has 0 radical (unpaired) electrons. The highest BCUT2D eigenvalue weighted by molar-refractivity contribution is 5.97. The molecule has 1 amide bonds. The zero-order chi connectivity index (χ0) is 14.4. The van der Waals surface area contributed by atoms with Crippen molar-refractivity contribution >= 4 is 17.8 Å². The summed E-state index contributed by atoms with van der Waals surface area (Å²) in [5.41, 5.74) is 0.109. The Bertz CT molecular complexity index is 484. The quantitative estimate of drug-likeness (QED) is 0.649. The van der Waals surface area contributed by atoms with E-state index < -0.39 is 30.3 Å². The number of pyridine rings is 1. The average Bonchev–Trinajstić information content (AvgIpc) is 2.37. The summed E-state index contributed by atoms with van der Waals surface area (Å²) in [5.74, 6) is -3.15. The highest BCUT2D eigenvalue weighted by atomic mass is 16.5. The molecule has 1 atom stereocenters. The van der Waals surface area contributed by atoms with Crippen LogP contribution in [0.25, 0.3) is 0 Å². The van der Waals surface area contributed by atoms with Gasteiger partial charge in [-0.05, 0) is 6.07 Å². The smallest absolute Gasteiger partial charge is 0.326 e. The van der Waals surface area contributed by atoms with Gasteiger partial charge in [0.15, 0.2) is 0 Å². The number of nitrogens with one attached hydrogen (secondary N) is 1. The minimum atomic E-state index is -1.49. The number of nitrogens with zero attached hydrogens (tertiary/aromatic N) is 1. The molecule has 3 N–H and O–H groups in total. The molecule has 0 aromatic carbocycles. The lowest BCUT2D eigenvalue weighted by Crippen LogP contribution is -2.42. The van der Waals surface area contributed by atoms with Crippen molar-refractivity contribution in [3.05, 3.63) is 23.9 Å². The number of rotatable bonds is 6. The maximum atomic E-state index is 11.7. The molecule has 1 rings (SSSR count). The second-order valence-corrected chi connectivity index (χ2v) is 3.55. The van der Waals surface area contributed by atoms with E-state index in [1.54, 1.807) is 0 Å². The predicted octanol–water partition coefficient (Wildman–Crippen LogP) is -0.252. The van der Waals surface area contributed by atoms with Crippen molar-refractivity contribution < 1.29 is 29.3 Å². The fourth-order valence-electron chi connectivity index (χ4n) is 1.25. The molecule has 1 aromatic rings. The van der Waals surface area contributed by atoms with Gasteiger partial charge in [0.2, 0.25) is 5.88 Å². The van der Waals surface area contributed by atoms with Gasteiger partial charge in [0.25, 0.3) is 5.91 Å². The number of carboxylic acid groups (broad SMARTS) is 2. The molecule has 0 saturated carbocycles. The largest absolute Gasteiger partial charge is 0.481 e. The predicted molar refractivity (Wildman–Crippen MR) is 61.9 cm³/mol. The van der Waals surface area contributed by atoms with Crippen LogP contribution in [0.3, 0.4) is 0 Å². The summed E-state index contributed by atoms with van der Waals surface area (Å²) >= 11 is 0. The van der Waals surface area contributed by atoms with E-state index >= 15 is 0 Å². The Morgan fingerprint density at radius 2 is 2.05 bits per heavy atom. The molecular weight excluding hydrogens is 256 g/mol. The third-order valence-electron chi connectivity index (χ3n) is 2.19. The van der Waals surface area contributed by atoms with E-state index in [1.165, 1.54) is 25.4 Å². The van der Waals surface area contributed by atoms with Crippen molar-refractivity contribution in [1.82, 2.24) is 10.3 Å². The van der Waals surface area contributed by atoms with E-state index in [2.05, 4.69) is 10.3 Å². The Morgan fingerprint density at radius 3 is 2.47 bits per heavy atom. The Kier molecular flexibility index (Phi) is 4.81. The molecule has 0 aliphatic carbocycles. The first-order valence-corrected chi connectivity index (χ1v) is 5.19. The van der Waals surface area contributed by atoms with Gasteiger partial charge in [-0.2, -0.15) is 0 Å². The molecular formula is C11H12N2O6. The van der Waals surface area contributed by atoms with Gasteiger partial charge < -0.3 is 20.3 Å². The number of ether oxygens (including phenoxy) is 1. The van der Waals surface area contributed by atoms with Gasteiger partial charge in [0.1, 0.15) is 6.04 Å². The fraction of sp³-hybridized carbons (Fsp3) is 0.273. The van der Waals surface area contributed by atoms with Crippen LogP contribution in [0, 0.1) is 0 Å². The van der Waals surface area contributed by atoms with Gasteiger partial charge in [-0.1, -0.05) is 0 Å². The number of amides is 1. The van der Waals surface area contributed by atoms with Crippen molar-refractivity contribution in [3.8, 4) is 5.88 Å². The average molecular weight is 268 g/mol. The number of aliphatic carboxylic acids is 2. The van der Waals surface area contributed by atoms with Crippen molar-refractivity contribution in [3.63, 3.8) is 0 Å². The highest BCUT2D eigenvalue weighted by Gasteiger charge is 2.23. The fourth-order valence-corrected chi connectivity index (χ4v) is 1.25. The summed E-state index contributed by atoms with van der Waals surface area (Å²) in [5, 5.41) is 19.4. The van der Waals surface area contributed by atoms with E-state index in [9.17, 15) is 14.4 Å². The van der Waals surface area contributed by atoms with E-state index in [0.29, 0.717) is 5.88 Å². The van der Waals surface area contributed by atoms with Crippen LogP contribution in [0.1, 0.15) is 16.8 Å². The maximum absolute atomic E-state index is 11.7. The van der Waals surface area contributed by atoms with E-state index in [1.807, 2.05) is 0 Å². The molecule has 0 saturated heterocycles. The van der Waals surface area contributed by atoms with Crippen LogP contribution in [0.15, 0.2) is 18.3 Å². The van der Waals surface area contributed by atoms with Crippen LogP contribution in [-0.4, -0.2) is 46.2 Å². The van der Waals surface area contributed by atoms with Crippen LogP contribution >= 0.6 is 0 Å². The topological polar surface area (TPSA) is 126 Å². The molecule has 8 heteroatoms. The molecule has 102 valence electrons. The van der Waals surface area contributed by atoms with Gasteiger partial charge in [-0.25, -0.2) is 9.78 Å². The van der Waals surface area contributed by atoms with Crippen molar-refractivity contribution in [2.45, 2.75) is 12.5 Å². The summed E-state index contributed by atoms with van der Waals surface area (Å²) in [4.78, 5) is 36.7. The normalized spacial score (nSPS) is 11.4. The molecule has 19 heavy (non-hydrogen) atoms. The number of methoxy groups -OCH3 is 1. The third-order valence-corrected chi connectivity index (χ3v) is 2.19. The molecule has 0 unspecified atom stereocenters. The molecule has 0 bridgehead atoms. The SMILES string of the molecule is COc1ccc(C(=O)N[C@@H](CC(=O)O)C(=O)O)cn1. The van der Waals surface area contributed by atoms with Crippen LogP contribution in [0.2, 0.25) is 0 Å². The lowest BCUT2D eigenvalue weighted by Gasteiger charge is -2.12. The lowest BCUT2D eigenvalue weighted by molar-refractivity contribution is -0.145. The van der Waals surface area contributed by atoms with Crippen molar-refractivity contribution in [2.75, 3.05) is 7.11 Å². The van der Waals surface area contributed by atoms with Crippen LogP contribution in [0.5, 0.6) is 5.88 Å². The Balaban J connectivity index is 2.75. The van der Waals surface area contributed by atoms with E-state index in [-0.39, 0.29) is 5.56 Å². The minimum absolute atomic E-state index is 0.109. The first kappa shape index (κ1) is 14.4. The molecule has 0 spiro atoms. The first-order chi connectivity index (χ1) is 8.93. The number of hydrogen-bond donors (Lipinski definition) is 3. The van der Waals surface area contributed by atoms with Gasteiger partial charge in [-0.15, -0.1) is 0 Å². The second-order valence-electron chi connectivity index (χ2n) is 3.55. The van der Waals surface area contributed by atoms with Crippen LogP contribution in [0.4, 0.5) is 0 Å². The first-order valence-electron chi connectivity index (χ1n) is 5.19. The van der Waals surface area contributed by atoms with Gasteiger partial charge in [0, 0.05) is 12.3 Å². The van der Waals surface area contributed by atoms with Crippen LogP contribution in [-0.2, 0) is 9.59 Å².